The monoisotopic (exact) mass is 285 g/mol. The molecule has 1 aromatic heterocycles. The average molecular weight is 286 g/mol. The van der Waals surface area contributed by atoms with E-state index in [-0.39, 0.29) is 18.7 Å². The molecular weight excluding hydrogens is 274 g/mol. The van der Waals surface area contributed by atoms with E-state index < -0.39 is 0 Å². The van der Waals surface area contributed by atoms with Crippen LogP contribution in [0.1, 0.15) is 6.42 Å². The molecule has 0 saturated heterocycles. The molecule has 86 valence electrons. The topological polar surface area (TPSA) is 67.2 Å². The smallest absolute Gasteiger partial charge is 0.283 e. The summed E-state index contributed by atoms with van der Waals surface area (Å²) in [6.07, 6.45) is 7.21. The Morgan fingerprint density at radius 2 is 2.44 bits per heavy atom. The third kappa shape index (κ3) is 3.08. The van der Waals surface area contributed by atoms with E-state index in [1.807, 2.05) is 0 Å². The molecule has 1 heterocycles. The summed E-state index contributed by atoms with van der Waals surface area (Å²) < 4.78 is 1.59. The lowest BCUT2D eigenvalue weighted by Gasteiger charge is -2.08. The van der Waals surface area contributed by atoms with Crippen molar-refractivity contribution in [2.24, 2.45) is 0 Å². The summed E-state index contributed by atoms with van der Waals surface area (Å²) in [5.41, 5.74) is 0.328. The van der Waals surface area contributed by atoms with Crippen LogP contribution >= 0.6 is 15.9 Å². The second-order valence-electron chi connectivity index (χ2n) is 3.01. The van der Waals surface area contributed by atoms with Crippen LogP contribution in [-0.2, 0) is 6.54 Å². The van der Waals surface area contributed by atoms with Crippen LogP contribution in [0, 0.1) is 12.3 Å². The number of halogens is 1. The highest BCUT2D eigenvalue weighted by molar-refractivity contribution is 9.10. The molecule has 5 nitrogen and oxygen atoms in total. The van der Waals surface area contributed by atoms with Crippen molar-refractivity contribution >= 4 is 21.6 Å². The minimum absolute atomic E-state index is 0.122. The van der Waals surface area contributed by atoms with Gasteiger partial charge in [0.05, 0.1) is 25.0 Å². The Balaban J connectivity index is 2.86. The molecule has 0 bridgehead atoms. The zero-order valence-electron chi connectivity index (χ0n) is 8.61. The van der Waals surface area contributed by atoms with Gasteiger partial charge in [0.1, 0.15) is 4.47 Å². The third-order valence-electron chi connectivity index (χ3n) is 1.88. The Labute approximate surface area is 102 Å². The molecule has 6 heteroatoms. The van der Waals surface area contributed by atoms with Gasteiger partial charge in [0, 0.05) is 13.0 Å². The van der Waals surface area contributed by atoms with Gasteiger partial charge in [-0.1, -0.05) is 0 Å². The summed E-state index contributed by atoms with van der Waals surface area (Å²) in [6.45, 7) is 0.644. The molecule has 0 saturated carbocycles. The quantitative estimate of drug-likeness (QED) is 0.608. The standard InChI is InChI=1S/C10H12BrN3O2/c1-2-3-4-12-8-7-13-14(5-6-15)10(16)9(8)11/h1,7,12,15H,3-6H2. The lowest BCUT2D eigenvalue weighted by atomic mass is 10.4. The van der Waals surface area contributed by atoms with E-state index in [2.05, 4.69) is 32.3 Å². The molecule has 0 aliphatic rings. The third-order valence-corrected chi connectivity index (χ3v) is 2.65. The molecule has 2 N–H and O–H groups in total. The number of hydrogen-bond acceptors (Lipinski definition) is 4. The van der Waals surface area contributed by atoms with E-state index in [1.54, 1.807) is 0 Å². The number of aliphatic hydroxyl groups is 1. The molecule has 0 unspecified atom stereocenters. The van der Waals surface area contributed by atoms with Gasteiger partial charge in [-0.15, -0.1) is 12.3 Å². The molecule has 0 amide bonds. The van der Waals surface area contributed by atoms with E-state index in [0.29, 0.717) is 23.1 Å². The molecule has 1 rings (SSSR count). The largest absolute Gasteiger partial charge is 0.394 e. The maximum Gasteiger partial charge on any atom is 0.283 e. The summed E-state index contributed by atoms with van der Waals surface area (Å²) in [5.74, 6) is 2.49. The van der Waals surface area contributed by atoms with E-state index in [4.69, 9.17) is 11.5 Å². The minimum Gasteiger partial charge on any atom is -0.394 e. The number of nitrogens with one attached hydrogen (secondary N) is 1. The van der Waals surface area contributed by atoms with E-state index >= 15 is 0 Å². The predicted molar refractivity (Wildman–Crippen MR) is 65.2 cm³/mol. The van der Waals surface area contributed by atoms with Crippen molar-refractivity contribution in [3.05, 3.63) is 21.0 Å². The Morgan fingerprint density at radius 3 is 3.06 bits per heavy atom. The van der Waals surface area contributed by atoms with Crippen LogP contribution in [0.2, 0.25) is 0 Å². The second-order valence-corrected chi connectivity index (χ2v) is 3.80. The lowest BCUT2D eigenvalue weighted by molar-refractivity contribution is 0.266. The van der Waals surface area contributed by atoms with Crippen molar-refractivity contribution in [3.63, 3.8) is 0 Å². The van der Waals surface area contributed by atoms with Gasteiger partial charge in [0.15, 0.2) is 0 Å². The Hall–Kier alpha value is -1.32. The van der Waals surface area contributed by atoms with Crippen LogP contribution in [0.3, 0.4) is 0 Å². The summed E-state index contributed by atoms with van der Waals surface area (Å²) >= 11 is 3.18. The van der Waals surface area contributed by atoms with Crippen molar-refractivity contribution in [3.8, 4) is 12.3 Å². The first-order valence-corrected chi connectivity index (χ1v) is 5.53. The summed E-state index contributed by atoms with van der Waals surface area (Å²) in [5, 5.41) is 15.6. The SMILES string of the molecule is C#CCCNc1cnn(CCO)c(=O)c1Br. The van der Waals surface area contributed by atoms with E-state index in [0.717, 1.165) is 0 Å². The van der Waals surface area contributed by atoms with Gasteiger partial charge in [0.25, 0.3) is 5.56 Å². The molecule has 0 atom stereocenters. The second kappa shape index (κ2) is 6.30. The van der Waals surface area contributed by atoms with E-state index in [1.165, 1.54) is 10.9 Å². The van der Waals surface area contributed by atoms with Gasteiger partial charge in [-0.05, 0) is 15.9 Å². The number of hydrogen-bond donors (Lipinski definition) is 2. The van der Waals surface area contributed by atoms with Crippen LogP contribution in [0.25, 0.3) is 0 Å². The number of aliphatic hydroxyl groups excluding tert-OH is 1. The van der Waals surface area contributed by atoms with Gasteiger partial charge in [-0.2, -0.15) is 5.10 Å². The Bertz CT molecular complexity index is 450. The predicted octanol–water partition coefficient (Wildman–Crippen LogP) is 0.433. The van der Waals surface area contributed by atoms with Gasteiger partial charge < -0.3 is 10.4 Å². The van der Waals surface area contributed by atoms with Gasteiger partial charge >= 0.3 is 0 Å². The molecule has 0 fully saturated rings. The molecule has 0 aromatic carbocycles. The first-order chi connectivity index (χ1) is 7.70. The Kier molecular flexibility index (Phi) is 5.02. The molecule has 0 radical (unpaired) electrons. The van der Waals surface area contributed by atoms with E-state index in [9.17, 15) is 4.79 Å². The molecule has 0 aliphatic carbocycles. The summed E-state index contributed by atoms with van der Waals surface area (Å²) in [6, 6.07) is 0. The molecule has 1 aromatic rings. The van der Waals surface area contributed by atoms with Gasteiger partial charge in [-0.3, -0.25) is 4.79 Å². The number of nitrogens with zero attached hydrogens (tertiary/aromatic N) is 2. The zero-order valence-corrected chi connectivity index (χ0v) is 10.2. The fourth-order valence-corrected chi connectivity index (χ4v) is 1.56. The zero-order chi connectivity index (χ0) is 12.0. The fourth-order valence-electron chi connectivity index (χ4n) is 1.11. The minimum atomic E-state index is -0.278. The highest BCUT2D eigenvalue weighted by Gasteiger charge is 2.07. The van der Waals surface area contributed by atoms with Crippen molar-refractivity contribution in [1.82, 2.24) is 9.78 Å². The molecule has 0 spiro atoms. The van der Waals surface area contributed by atoms with Gasteiger partial charge in [-0.25, -0.2) is 4.68 Å². The Morgan fingerprint density at radius 1 is 1.69 bits per heavy atom. The van der Waals surface area contributed by atoms with Crippen molar-refractivity contribution in [1.29, 1.82) is 0 Å². The lowest BCUT2D eigenvalue weighted by Crippen LogP contribution is -2.25. The molecule has 16 heavy (non-hydrogen) atoms. The maximum absolute atomic E-state index is 11.7. The average Bonchev–Trinajstić information content (AvgIpc) is 2.28. The normalized spacial score (nSPS) is 9.81. The van der Waals surface area contributed by atoms with Crippen LogP contribution in [0.5, 0.6) is 0 Å². The van der Waals surface area contributed by atoms with Crippen LogP contribution in [-0.4, -0.2) is 28.0 Å². The summed E-state index contributed by atoms with van der Waals surface area (Å²) in [7, 11) is 0. The summed E-state index contributed by atoms with van der Waals surface area (Å²) in [4.78, 5) is 11.7. The number of aromatic nitrogens is 2. The first kappa shape index (κ1) is 12.7. The molecule has 0 aliphatic heterocycles. The first-order valence-electron chi connectivity index (χ1n) is 4.74. The molecular formula is C10H12BrN3O2. The number of anilines is 1. The van der Waals surface area contributed by atoms with Crippen molar-refractivity contribution < 1.29 is 5.11 Å². The van der Waals surface area contributed by atoms with Crippen LogP contribution < -0.4 is 10.9 Å². The number of terminal acetylenes is 1. The van der Waals surface area contributed by atoms with Gasteiger partial charge in [0.2, 0.25) is 0 Å². The highest BCUT2D eigenvalue weighted by atomic mass is 79.9. The maximum atomic E-state index is 11.7. The van der Waals surface area contributed by atoms with Crippen molar-refractivity contribution in [2.75, 3.05) is 18.5 Å². The number of rotatable bonds is 5. The fraction of sp³-hybridized carbons (Fsp3) is 0.400. The van der Waals surface area contributed by atoms with Crippen molar-refractivity contribution in [2.45, 2.75) is 13.0 Å². The highest BCUT2D eigenvalue weighted by Crippen LogP contribution is 2.15. The van der Waals surface area contributed by atoms with Crippen LogP contribution in [0.4, 0.5) is 5.69 Å². The van der Waals surface area contributed by atoms with Crippen LogP contribution in [0.15, 0.2) is 15.5 Å².